The highest BCUT2D eigenvalue weighted by atomic mass is 16.5. The summed E-state index contributed by atoms with van der Waals surface area (Å²) in [6.45, 7) is 4.05. The van der Waals surface area contributed by atoms with E-state index in [1.165, 1.54) is 13.3 Å². The first-order valence-corrected chi connectivity index (χ1v) is 17.1. The monoisotopic (exact) mass is 690 g/mol. The highest BCUT2D eigenvalue weighted by molar-refractivity contribution is 6.09. The average Bonchev–Trinajstić information content (AvgIpc) is 3.69. The molecule has 4 aliphatic rings. The van der Waals surface area contributed by atoms with E-state index in [4.69, 9.17) is 15.5 Å². The molecule has 2 aromatic heterocycles. The summed E-state index contributed by atoms with van der Waals surface area (Å²) in [5.74, 6) is -0.765. The lowest BCUT2D eigenvalue weighted by molar-refractivity contribution is -0.136. The summed E-state index contributed by atoms with van der Waals surface area (Å²) >= 11 is 0. The van der Waals surface area contributed by atoms with Crippen LogP contribution in [0.1, 0.15) is 57.5 Å². The van der Waals surface area contributed by atoms with Crippen LogP contribution in [-0.4, -0.2) is 106 Å². The van der Waals surface area contributed by atoms with Gasteiger partial charge in [-0.05, 0) is 55.2 Å². The smallest absolute Gasteiger partial charge is 0.261 e. The molecule has 0 aliphatic carbocycles. The summed E-state index contributed by atoms with van der Waals surface area (Å²) in [6, 6.07) is 11.1. The molecule has 0 radical (unpaired) electrons. The summed E-state index contributed by atoms with van der Waals surface area (Å²) < 4.78 is 7.04. The first-order valence-electron chi connectivity index (χ1n) is 17.1. The maximum atomic E-state index is 13.1. The molecule has 4 N–H and O–H groups in total. The molecule has 0 saturated carbocycles. The van der Waals surface area contributed by atoms with Gasteiger partial charge in [-0.3, -0.25) is 34.4 Å². The molecule has 2 aromatic carbocycles. The largest absolute Gasteiger partial charge is 0.494 e. The Kier molecular flexibility index (Phi) is 8.34. The normalized spacial score (nSPS) is 20.2. The van der Waals surface area contributed by atoms with Crippen molar-refractivity contribution in [1.82, 2.24) is 29.7 Å². The fourth-order valence-corrected chi connectivity index (χ4v) is 7.41. The van der Waals surface area contributed by atoms with Gasteiger partial charge in [0.25, 0.3) is 11.8 Å². The molecule has 4 aliphatic heterocycles. The fraction of sp³-hybridized carbons (Fsp3) is 0.361. The summed E-state index contributed by atoms with van der Waals surface area (Å²) in [6.07, 6.45) is 9.04. The van der Waals surface area contributed by atoms with Gasteiger partial charge in [-0.2, -0.15) is 5.10 Å². The summed E-state index contributed by atoms with van der Waals surface area (Å²) in [5.41, 5.74) is 11.4. The second-order valence-corrected chi connectivity index (χ2v) is 13.4. The van der Waals surface area contributed by atoms with E-state index in [-0.39, 0.29) is 30.2 Å². The maximum Gasteiger partial charge on any atom is 0.261 e. The lowest BCUT2D eigenvalue weighted by Gasteiger charge is -2.48. The van der Waals surface area contributed by atoms with Gasteiger partial charge in [0.1, 0.15) is 17.4 Å². The zero-order valence-corrected chi connectivity index (χ0v) is 28.1. The molecule has 4 aromatic rings. The molecule has 1 unspecified atom stereocenters. The van der Waals surface area contributed by atoms with E-state index >= 15 is 0 Å². The third-order valence-electron chi connectivity index (χ3n) is 10.4. The van der Waals surface area contributed by atoms with E-state index in [1.54, 1.807) is 46.2 Å². The third-order valence-corrected chi connectivity index (χ3v) is 10.4. The van der Waals surface area contributed by atoms with Gasteiger partial charge in [-0.15, -0.1) is 0 Å². The number of fused-ring (bicyclic) bond motifs is 2. The van der Waals surface area contributed by atoms with Crippen molar-refractivity contribution < 1.29 is 23.9 Å². The van der Waals surface area contributed by atoms with Crippen LogP contribution in [0.4, 0.5) is 17.1 Å². The van der Waals surface area contributed by atoms with Gasteiger partial charge in [0.05, 0.1) is 25.0 Å². The van der Waals surface area contributed by atoms with E-state index in [1.807, 2.05) is 12.1 Å². The van der Waals surface area contributed by atoms with Crippen molar-refractivity contribution in [3.8, 4) is 5.75 Å². The average molecular weight is 691 g/mol. The quantitative estimate of drug-likeness (QED) is 0.141. The standard InChI is InChI=1S/C36H38N10O5/c1-51-31-15-28(37)21(14-29(31)41-34(48)27-17-40-46-10-2-9-38-33(27)46)16-39-23-7-11-43(12-8-23)25-19-44(20-25)24-3-4-26-22(13-24)18-45(36(26)50)30-5-6-32(47)42-35(30)49/h2-4,9-10,13-17,23,25,30H,5-8,11-12,18-20,37H2,1H3,(H,41,48)(H,42,47,49). The van der Waals surface area contributed by atoms with Crippen molar-refractivity contribution in [3.63, 3.8) is 0 Å². The van der Waals surface area contributed by atoms with Gasteiger partial charge in [0.2, 0.25) is 11.8 Å². The first-order chi connectivity index (χ1) is 24.7. The van der Waals surface area contributed by atoms with Gasteiger partial charge in [0, 0.05) is 92.4 Å². The molecule has 4 amide bonds. The van der Waals surface area contributed by atoms with Crippen LogP contribution < -0.4 is 26.0 Å². The molecule has 1 atom stereocenters. The summed E-state index contributed by atoms with van der Waals surface area (Å²) in [4.78, 5) is 65.8. The Morgan fingerprint density at radius 2 is 1.94 bits per heavy atom. The highest BCUT2D eigenvalue weighted by Crippen LogP contribution is 2.34. The molecule has 15 nitrogen and oxygen atoms in total. The first kappa shape index (κ1) is 32.4. The number of aromatic nitrogens is 3. The predicted molar refractivity (Wildman–Crippen MR) is 189 cm³/mol. The van der Waals surface area contributed by atoms with Crippen molar-refractivity contribution in [2.24, 2.45) is 4.99 Å². The number of nitrogen functional groups attached to an aromatic ring is 1. The highest BCUT2D eigenvalue weighted by Gasteiger charge is 2.40. The Morgan fingerprint density at radius 3 is 2.73 bits per heavy atom. The zero-order chi connectivity index (χ0) is 35.2. The minimum absolute atomic E-state index is 0.155. The predicted octanol–water partition coefficient (Wildman–Crippen LogP) is 2.11. The number of rotatable bonds is 8. The number of benzene rings is 2. The molecule has 0 spiro atoms. The summed E-state index contributed by atoms with van der Waals surface area (Å²) in [7, 11) is 1.52. The molecular weight excluding hydrogens is 652 g/mol. The minimum Gasteiger partial charge on any atom is -0.494 e. The van der Waals surface area contributed by atoms with Crippen LogP contribution in [0.5, 0.6) is 5.75 Å². The Morgan fingerprint density at radius 1 is 1.12 bits per heavy atom. The van der Waals surface area contributed by atoms with Gasteiger partial charge in [-0.1, -0.05) is 0 Å². The minimum atomic E-state index is -0.613. The number of likely N-dealkylation sites (tertiary alicyclic amines) is 1. The topological polar surface area (TPSA) is 180 Å². The summed E-state index contributed by atoms with van der Waals surface area (Å²) in [5, 5.41) is 9.47. The van der Waals surface area contributed by atoms with Crippen LogP contribution in [-0.2, 0) is 16.1 Å². The fourth-order valence-electron chi connectivity index (χ4n) is 7.41. The molecule has 15 heteroatoms. The van der Waals surface area contributed by atoms with Crippen molar-refractivity contribution in [2.75, 3.05) is 49.2 Å². The Bertz CT molecular complexity index is 2080. The molecule has 8 rings (SSSR count). The maximum absolute atomic E-state index is 13.1. The van der Waals surface area contributed by atoms with Gasteiger partial charge in [-0.25, -0.2) is 9.50 Å². The second kappa shape index (κ2) is 13.1. The van der Waals surface area contributed by atoms with E-state index in [0.29, 0.717) is 58.5 Å². The molecule has 262 valence electrons. The third kappa shape index (κ3) is 6.13. The number of ether oxygens (including phenoxy) is 1. The van der Waals surface area contributed by atoms with Crippen LogP contribution in [0.3, 0.4) is 0 Å². The number of nitrogens with two attached hydrogens (primary N) is 1. The van der Waals surface area contributed by atoms with Crippen molar-refractivity contribution in [3.05, 3.63) is 77.2 Å². The number of imide groups is 1. The molecule has 3 fully saturated rings. The van der Waals surface area contributed by atoms with Crippen molar-refractivity contribution in [1.29, 1.82) is 0 Å². The molecule has 6 heterocycles. The number of hydrogen-bond acceptors (Lipinski definition) is 11. The van der Waals surface area contributed by atoms with Crippen LogP contribution in [0.2, 0.25) is 0 Å². The number of anilines is 3. The van der Waals surface area contributed by atoms with Gasteiger partial charge >= 0.3 is 0 Å². The molecular formula is C36H38N10O5. The Labute approximate surface area is 293 Å². The molecule has 3 saturated heterocycles. The number of aliphatic imine (C=N–C) groups is 1. The lowest BCUT2D eigenvalue weighted by Crippen LogP contribution is -2.61. The van der Waals surface area contributed by atoms with Gasteiger partial charge < -0.3 is 25.6 Å². The second-order valence-electron chi connectivity index (χ2n) is 13.4. The number of hydrogen-bond donors (Lipinski definition) is 3. The van der Waals surface area contributed by atoms with Crippen LogP contribution in [0.25, 0.3) is 5.65 Å². The number of carbonyl (C=O) groups excluding carboxylic acids is 4. The van der Waals surface area contributed by atoms with Crippen molar-refractivity contribution in [2.45, 2.75) is 50.4 Å². The van der Waals surface area contributed by atoms with E-state index in [2.05, 4.69) is 36.6 Å². The van der Waals surface area contributed by atoms with Crippen LogP contribution in [0, 0.1) is 0 Å². The van der Waals surface area contributed by atoms with Crippen molar-refractivity contribution >= 4 is 52.6 Å². The van der Waals surface area contributed by atoms with E-state index < -0.39 is 11.9 Å². The molecule has 51 heavy (non-hydrogen) atoms. The van der Waals surface area contributed by atoms with E-state index in [9.17, 15) is 19.2 Å². The van der Waals surface area contributed by atoms with Crippen LogP contribution >= 0.6 is 0 Å². The number of nitrogens with zero attached hydrogens (tertiary/aromatic N) is 7. The number of methoxy groups -OCH3 is 1. The van der Waals surface area contributed by atoms with E-state index in [0.717, 1.165) is 50.3 Å². The van der Waals surface area contributed by atoms with Crippen LogP contribution in [0.15, 0.2) is 60.0 Å². The van der Waals surface area contributed by atoms with Gasteiger partial charge in [0.15, 0.2) is 5.65 Å². The number of carbonyl (C=O) groups is 4. The Balaban J connectivity index is 0.849. The Hall–Kier alpha value is -5.83. The SMILES string of the molecule is COc1cc(N)c(C=NC2CCN(C3CN(c4ccc5c(c4)CN(C4CCC(=O)NC4=O)C5=O)C3)CC2)cc1NC(=O)c1cnn2cccnc12. The number of piperidine rings is 2. The number of amides is 4. The number of nitrogens with one attached hydrogen (secondary N) is 2. The zero-order valence-electron chi connectivity index (χ0n) is 28.1. The molecule has 0 bridgehead atoms. The lowest BCUT2D eigenvalue weighted by atomic mass is 9.98.